The second kappa shape index (κ2) is 7.85. The molecule has 1 aliphatic rings. The zero-order chi connectivity index (χ0) is 17.8. The van der Waals surface area contributed by atoms with Crippen LogP contribution in [0.2, 0.25) is 0 Å². The number of aromatic nitrogens is 2. The third-order valence-electron chi connectivity index (χ3n) is 4.75. The maximum absolute atomic E-state index is 12.5. The Bertz CT molecular complexity index is 866. The lowest BCUT2D eigenvalue weighted by molar-refractivity contribution is 0.0945. The Morgan fingerprint density at radius 2 is 1.96 bits per heavy atom. The number of hydrogen-bond acceptors (Lipinski definition) is 4. The minimum absolute atomic E-state index is 0.153. The predicted octanol–water partition coefficient (Wildman–Crippen LogP) is 3.66. The highest BCUT2D eigenvalue weighted by Crippen LogP contribution is 2.23. The summed E-state index contributed by atoms with van der Waals surface area (Å²) in [5.41, 5.74) is 3.75. The van der Waals surface area contributed by atoms with Crippen molar-refractivity contribution in [2.24, 2.45) is 0 Å². The van der Waals surface area contributed by atoms with E-state index < -0.39 is 0 Å². The van der Waals surface area contributed by atoms with Gasteiger partial charge in [-0.15, -0.1) is 11.3 Å². The van der Waals surface area contributed by atoms with Gasteiger partial charge in [0.2, 0.25) is 0 Å². The lowest BCUT2D eigenvalue weighted by atomic mass is 10.1. The molecule has 1 saturated heterocycles. The fraction of sp³-hybridized carbons (Fsp3) is 0.300. The number of carbonyl (C=O) groups excluding carboxylic acids is 1. The van der Waals surface area contributed by atoms with E-state index in [1.807, 2.05) is 23.6 Å². The summed E-state index contributed by atoms with van der Waals surface area (Å²) in [5, 5.41) is 12.1. The van der Waals surface area contributed by atoms with E-state index in [0.717, 1.165) is 17.1 Å². The van der Waals surface area contributed by atoms with E-state index in [1.165, 1.54) is 37.1 Å². The Labute approximate surface area is 157 Å². The summed E-state index contributed by atoms with van der Waals surface area (Å²) in [6.45, 7) is 3.81. The summed E-state index contributed by atoms with van der Waals surface area (Å²) in [7, 11) is 0. The molecule has 4 rings (SSSR count). The lowest BCUT2D eigenvalue weighted by Gasteiger charge is -2.17. The van der Waals surface area contributed by atoms with Crippen LogP contribution >= 0.6 is 11.3 Å². The van der Waals surface area contributed by atoms with E-state index in [4.69, 9.17) is 0 Å². The largest absolute Gasteiger partial charge is 0.347 e. The zero-order valence-corrected chi connectivity index (χ0v) is 15.4. The first kappa shape index (κ1) is 17.0. The van der Waals surface area contributed by atoms with Crippen molar-refractivity contribution < 1.29 is 4.79 Å². The van der Waals surface area contributed by atoms with Crippen molar-refractivity contribution in [3.8, 4) is 10.6 Å². The molecule has 0 bridgehead atoms. The summed E-state index contributed by atoms with van der Waals surface area (Å²) in [6, 6.07) is 14.1. The Balaban J connectivity index is 1.40. The molecule has 0 saturated carbocycles. The second-order valence-electron chi connectivity index (χ2n) is 6.58. The molecule has 1 amide bonds. The maximum Gasteiger partial charge on any atom is 0.272 e. The number of hydrogen-bond donors (Lipinski definition) is 2. The van der Waals surface area contributed by atoms with Crippen LogP contribution in [0.15, 0.2) is 47.8 Å². The van der Waals surface area contributed by atoms with Gasteiger partial charge in [-0.25, -0.2) is 0 Å². The lowest BCUT2D eigenvalue weighted by Crippen LogP contribution is -2.25. The zero-order valence-electron chi connectivity index (χ0n) is 14.6. The average molecular weight is 366 g/mol. The molecule has 0 atom stereocenters. The standard InChI is InChI=1S/C20H22N4OS/c25-20(18-12-17(22-23-18)19-8-5-11-26-19)21-13-15-6-1-2-7-16(15)14-24-9-3-4-10-24/h1-2,5-8,11-12H,3-4,9-10,13-14H2,(H,21,25)(H,22,23). The van der Waals surface area contributed by atoms with Crippen LogP contribution < -0.4 is 5.32 Å². The number of H-pyrrole nitrogens is 1. The van der Waals surface area contributed by atoms with Gasteiger partial charge in [-0.3, -0.25) is 14.8 Å². The molecule has 0 aliphatic carbocycles. The molecule has 0 radical (unpaired) electrons. The Hall–Kier alpha value is -2.44. The van der Waals surface area contributed by atoms with Gasteiger partial charge in [0.15, 0.2) is 5.69 Å². The molecule has 3 aromatic rings. The quantitative estimate of drug-likeness (QED) is 0.700. The SMILES string of the molecule is O=C(NCc1ccccc1CN1CCCC1)c1cc(-c2cccs2)[nH]n1. The van der Waals surface area contributed by atoms with Crippen molar-refractivity contribution in [3.63, 3.8) is 0 Å². The highest BCUT2D eigenvalue weighted by molar-refractivity contribution is 7.13. The molecule has 6 heteroatoms. The van der Waals surface area contributed by atoms with Crippen molar-refractivity contribution in [2.45, 2.75) is 25.9 Å². The van der Waals surface area contributed by atoms with E-state index in [0.29, 0.717) is 12.2 Å². The molecule has 1 aromatic carbocycles. The van der Waals surface area contributed by atoms with Crippen molar-refractivity contribution >= 4 is 17.2 Å². The number of nitrogens with zero attached hydrogens (tertiary/aromatic N) is 2. The topological polar surface area (TPSA) is 61.0 Å². The van der Waals surface area contributed by atoms with Gasteiger partial charge in [-0.1, -0.05) is 30.3 Å². The third kappa shape index (κ3) is 3.86. The number of nitrogens with one attached hydrogen (secondary N) is 2. The number of aromatic amines is 1. The van der Waals surface area contributed by atoms with Crippen LogP contribution in [-0.4, -0.2) is 34.1 Å². The maximum atomic E-state index is 12.5. The van der Waals surface area contributed by atoms with Gasteiger partial charge in [0.1, 0.15) is 0 Å². The molecule has 5 nitrogen and oxygen atoms in total. The smallest absolute Gasteiger partial charge is 0.272 e. The first-order valence-corrected chi connectivity index (χ1v) is 9.84. The van der Waals surface area contributed by atoms with Crippen LogP contribution in [0.5, 0.6) is 0 Å². The van der Waals surface area contributed by atoms with Gasteiger partial charge in [0, 0.05) is 13.1 Å². The van der Waals surface area contributed by atoms with Crippen molar-refractivity contribution in [1.82, 2.24) is 20.4 Å². The van der Waals surface area contributed by atoms with Gasteiger partial charge in [0.05, 0.1) is 10.6 Å². The fourth-order valence-electron chi connectivity index (χ4n) is 3.33. The molecule has 26 heavy (non-hydrogen) atoms. The second-order valence-corrected chi connectivity index (χ2v) is 7.53. The minimum Gasteiger partial charge on any atom is -0.347 e. The number of carbonyl (C=O) groups is 1. The molecule has 1 aliphatic heterocycles. The van der Waals surface area contributed by atoms with E-state index in [9.17, 15) is 4.79 Å². The summed E-state index contributed by atoms with van der Waals surface area (Å²) in [4.78, 5) is 16.0. The predicted molar refractivity (Wildman–Crippen MR) is 104 cm³/mol. The van der Waals surface area contributed by atoms with Crippen LogP contribution in [0.4, 0.5) is 0 Å². The summed E-state index contributed by atoms with van der Waals surface area (Å²) in [5.74, 6) is -0.153. The Morgan fingerprint density at radius 1 is 1.15 bits per heavy atom. The summed E-state index contributed by atoms with van der Waals surface area (Å²) < 4.78 is 0. The van der Waals surface area contributed by atoms with Crippen molar-refractivity contribution in [1.29, 1.82) is 0 Å². The van der Waals surface area contributed by atoms with Crippen LogP contribution in [0.1, 0.15) is 34.5 Å². The molecule has 134 valence electrons. The molecule has 1 fully saturated rings. The van der Waals surface area contributed by atoms with Crippen LogP contribution in [0.3, 0.4) is 0 Å². The highest BCUT2D eigenvalue weighted by atomic mass is 32.1. The average Bonchev–Trinajstić information content (AvgIpc) is 3.41. The Morgan fingerprint density at radius 3 is 2.73 bits per heavy atom. The monoisotopic (exact) mass is 366 g/mol. The Kier molecular flexibility index (Phi) is 5.13. The van der Waals surface area contributed by atoms with Crippen molar-refractivity contribution in [3.05, 3.63) is 64.7 Å². The van der Waals surface area contributed by atoms with Gasteiger partial charge in [-0.05, 0) is 54.6 Å². The number of likely N-dealkylation sites (tertiary alicyclic amines) is 1. The van der Waals surface area contributed by atoms with Crippen molar-refractivity contribution in [2.75, 3.05) is 13.1 Å². The number of amides is 1. The molecule has 2 aromatic heterocycles. The van der Waals surface area contributed by atoms with E-state index in [1.54, 1.807) is 17.4 Å². The number of rotatable bonds is 6. The van der Waals surface area contributed by atoms with Crippen LogP contribution in [0, 0.1) is 0 Å². The molecule has 0 unspecified atom stereocenters. The van der Waals surface area contributed by atoms with Crippen LogP contribution in [0.25, 0.3) is 10.6 Å². The van der Waals surface area contributed by atoms with E-state index in [2.05, 4.69) is 38.6 Å². The molecular weight excluding hydrogens is 344 g/mol. The minimum atomic E-state index is -0.153. The van der Waals surface area contributed by atoms with E-state index in [-0.39, 0.29) is 5.91 Å². The van der Waals surface area contributed by atoms with Gasteiger partial charge in [-0.2, -0.15) is 5.10 Å². The van der Waals surface area contributed by atoms with Gasteiger partial charge >= 0.3 is 0 Å². The molecule has 3 heterocycles. The fourth-order valence-corrected chi connectivity index (χ4v) is 4.02. The highest BCUT2D eigenvalue weighted by Gasteiger charge is 2.15. The number of benzene rings is 1. The normalized spacial score (nSPS) is 14.6. The molecular formula is C20H22N4OS. The van der Waals surface area contributed by atoms with E-state index >= 15 is 0 Å². The molecule has 2 N–H and O–H groups in total. The molecule has 0 spiro atoms. The van der Waals surface area contributed by atoms with Gasteiger partial charge < -0.3 is 5.32 Å². The summed E-state index contributed by atoms with van der Waals surface area (Å²) >= 11 is 1.62. The van der Waals surface area contributed by atoms with Crippen LogP contribution in [-0.2, 0) is 13.1 Å². The first-order chi connectivity index (χ1) is 12.8. The van der Waals surface area contributed by atoms with Gasteiger partial charge in [0.25, 0.3) is 5.91 Å². The number of thiophene rings is 1. The third-order valence-corrected chi connectivity index (χ3v) is 5.65. The summed E-state index contributed by atoms with van der Waals surface area (Å²) in [6.07, 6.45) is 2.56. The first-order valence-electron chi connectivity index (χ1n) is 8.96.